The molecule has 5 heteroatoms. The smallest absolute Gasteiger partial charge is 0.267 e. The Hall–Kier alpha value is -2.92. The van der Waals surface area contributed by atoms with Crippen LogP contribution >= 0.6 is 11.3 Å². The third kappa shape index (κ3) is 3.78. The van der Waals surface area contributed by atoms with E-state index in [0.29, 0.717) is 30.8 Å². The predicted molar refractivity (Wildman–Crippen MR) is 108 cm³/mol. The Morgan fingerprint density at radius 2 is 1.81 bits per heavy atom. The van der Waals surface area contributed by atoms with Crippen LogP contribution in [0.1, 0.15) is 21.6 Å². The molecule has 0 saturated carbocycles. The molecule has 2 heterocycles. The third-order valence-corrected chi connectivity index (χ3v) is 5.43. The Morgan fingerprint density at radius 3 is 2.63 bits per heavy atom. The van der Waals surface area contributed by atoms with Gasteiger partial charge in [-0.25, -0.2) is 4.39 Å². The first kappa shape index (κ1) is 17.5. The van der Waals surface area contributed by atoms with Crippen LogP contribution in [0.25, 0.3) is 10.2 Å². The second-order valence-corrected chi connectivity index (χ2v) is 7.32. The molecule has 0 unspecified atom stereocenters. The Bertz CT molecular complexity index is 1070. The van der Waals surface area contributed by atoms with E-state index in [0.717, 1.165) is 15.8 Å². The van der Waals surface area contributed by atoms with Crippen molar-refractivity contribution in [1.29, 1.82) is 0 Å². The van der Waals surface area contributed by atoms with Gasteiger partial charge >= 0.3 is 0 Å². The van der Waals surface area contributed by atoms with Gasteiger partial charge in [0.1, 0.15) is 11.5 Å². The Kier molecular flexibility index (Phi) is 5.03. The number of carbonyl (C=O) groups is 1. The normalized spacial score (nSPS) is 11.0. The van der Waals surface area contributed by atoms with Crippen molar-refractivity contribution in [1.82, 2.24) is 9.88 Å². The third-order valence-electron chi connectivity index (χ3n) is 4.58. The van der Waals surface area contributed by atoms with E-state index < -0.39 is 0 Å². The summed E-state index contributed by atoms with van der Waals surface area (Å²) in [6, 6.07) is 20.7. The summed E-state index contributed by atoms with van der Waals surface area (Å²) in [5.74, 6) is -0.370. The summed E-state index contributed by atoms with van der Waals surface area (Å²) in [7, 11) is 0. The summed E-state index contributed by atoms with van der Waals surface area (Å²) in [6.45, 7) is 1.03. The van der Waals surface area contributed by atoms with E-state index in [2.05, 4.69) is 17.4 Å². The highest BCUT2D eigenvalue weighted by atomic mass is 32.1. The van der Waals surface area contributed by atoms with E-state index in [1.54, 1.807) is 29.5 Å². The lowest BCUT2D eigenvalue weighted by Gasteiger charge is -2.11. The first-order valence-corrected chi connectivity index (χ1v) is 9.72. The molecule has 0 fully saturated rings. The second-order valence-electron chi connectivity index (χ2n) is 6.37. The van der Waals surface area contributed by atoms with Crippen molar-refractivity contribution in [3.63, 3.8) is 0 Å². The minimum absolute atomic E-state index is 0.134. The number of halogens is 1. The van der Waals surface area contributed by atoms with Crippen LogP contribution in [0.4, 0.5) is 4.39 Å². The lowest BCUT2D eigenvalue weighted by molar-refractivity contribution is 0.0945. The van der Waals surface area contributed by atoms with Crippen LogP contribution < -0.4 is 5.32 Å². The van der Waals surface area contributed by atoms with Gasteiger partial charge in [-0.1, -0.05) is 48.5 Å². The van der Waals surface area contributed by atoms with Crippen LogP contribution in [0.15, 0.2) is 72.1 Å². The number of aromatic nitrogens is 1. The minimum atomic E-state index is -0.236. The van der Waals surface area contributed by atoms with Gasteiger partial charge in [-0.15, -0.1) is 11.3 Å². The first-order valence-electron chi connectivity index (χ1n) is 8.84. The first-order chi connectivity index (χ1) is 13.2. The van der Waals surface area contributed by atoms with Crippen LogP contribution in [-0.4, -0.2) is 17.0 Å². The zero-order valence-electron chi connectivity index (χ0n) is 14.7. The molecule has 0 spiro atoms. The summed E-state index contributed by atoms with van der Waals surface area (Å²) >= 11 is 1.62. The molecule has 4 rings (SSSR count). The van der Waals surface area contributed by atoms with Gasteiger partial charge in [-0.05, 0) is 41.1 Å². The topological polar surface area (TPSA) is 34.0 Å². The lowest BCUT2D eigenvalue weighted by Crippen LogP contribution is -2.28. The zero-order valence-corrected chi connectivity index (χ0v) is 15.5. The molecule has 136 valence electrons. The van der Waals surface area contributed by atoms with Crippen LogP contribution in [-0.2, 0) is 13.0 Å². The van der Waals surface area contributed by atoms with Crippen LogP contribution in [0.5, 0.6) is 0 Å². The molecule has 0 aliphatic rings. The predicted octanol–water partition coefficient (Wildman–Crippen LogP) is 4.86. The van der Waals surface area contributed by atoms with E-state index in [4.69, 9.17) is 0 Å². The van der Waals surface area contributed by atoms with Gasteiger partial charge in [0.05, 0.1) is 10.2 Å². The molecule has 4 aromatic rings. The molecule has 1 amide bonds. The maximum absolute atomic E-state index is 13.7. The SMILES string of the molecule is O=C(NCCc1ccccc1F)c1cc2sccc2n1Cc1ccccc1. The molecule has 1 N–H and O–H groups in total. The number of nitrogens with zero attached hydrogens (tertiary/aromatic N) is 1. The highest BCUT2D eigenvalue weighted by Gasteiger charge is 2.16. The summed E-state index contributed by atoms with van der Waals surface area (Å²) in [5, 5.41) is 4.96. The number of hydrogen-bond acceptors (Lipinski definition) is 2. The number of carbonyl (C=O) groups excluding carboxylic acids is 1. The molecule has 0 atom stereocenters. The quantitative estimate of drug-likeness (QED) is 0.511. The highest BCUT2D eigenvalue weighted by Crippen LogP contribution is 2.26. The number of benzene rings is 2. The van der Waals surface area contributed by atoms with Gasteiger partial charge in [0.25, 0.3) is 5.91 Å². The fraction of sp³-hybridized carbons (Fsp3) is 0.136. The Labute approximate surface area is 161 Å². The average Bonchev–Trinajstić information content (AvgIpc) is 3.27. The molecule has 0 bridgehead atoms. The number of fused-ring (bicyclic) bond motifs is 1. The maximum atomic E-state index is 13.7. The number of thiophene rings is 1. The molecule has 2 aromatic carbocycles. The molecule has 0 aliphatic carbocycles. The van der Waals surface area contributed by atoms with Gasteiger partial charge in [0, 0.05) is 13.1 Å². The summed E-state index contributed by atoms with van der Waals surface area (Å²) in [6.07, 6.45) is 0.464. The average molecular weight is 378 g/mol. The van der Waals surface area contributed by atoms with Crippen molar-refractivity contribution < 1.29 is 9.18 Å². The number of rotatable bonds is 6. The second kappa shape index (κ2) is 7.76. The number of amides is 1. The van der Waals surface area contributed by atoms with Crippen molar-refractivity contribution in [2.75, 3.05) is 6.54 Å². The summed E-state index contributed by atoms with van der Waals surface area (Å²) in [4.78, 5) is 12.8. The van der Waals surface area contributed by atoms with Gasteiger partial charge in [-0.2, -0.15) is 0 Å². The lowest BCUT2D eigenvalue weighted by atomic mass is 10.1. The molecular weight excluding hydrogens is 359 g/mol. The van der Waals surface area contributed by atoms with Gasteiger partial charge < -0.3 is 9.88 Å². The number of hydrogen-bond donors (Lipinski definition) is 1. The van der Waals surface area contributed by atoms with E-state index in [-0.39, 0.29) is 11.7 Å². The number of nitrogens with one attached hydrogen (secondary N) is 1. The van der Waals surface area contributed by atoms with Gasteiger partial charge in [0.15, 0.2) is 0 Å². The minimum Gasteiger partial charge on any atom is -0.350 e. The van der Waals surface area contributed by atoms with Crippen molar-refractivity contribution in [3.05, 3.63) is 94.7 Å². The molecule has 0 radical (unpaired) electrons. The molecular formula is C22H19FN2OS. The molecule has 2 aromatic heterocycles. The summed E-state index contributed by atoms with van der Waals surface area (Å²) < 4.78 is 16.9. The maximum Gasteiger partial charge on any atom is 0.267 e. The van der Waals surface area contributed by atoms with Crippen LogP contribution in [0.3, 0.4) is 0 Å². The fourth-order valence-corrected chi connectivity index (χ4v) is 4.03. The van der Waals surface area contributed by atoms with Crippen molar-refractivity contribution in [2.45, 2.75) is 13.0 Å². The fourth-order valence-electron chi connectivity index (χ4n) is 3.20. The van der Waals surface area contributed by atoms with E-state index in [1.807, 2.05) is 40.3 Å². The van der Waals surface area contributed by atoms with Crippen molar-refractivity contribution in [3.8, 4) is 0 Å². The van der Waals surface area contributed by atoms with Crippen LogP contribution in [0, 0.1) is 5.82 Å². The Balaban J connectivity index is 1.52. The van der Waals surface area contributed by atoms with Crippen molar-refractivity contribution >= 4 is 27.5 Å². The Morgan fingerprint density at radius 1 is 1.04 bits per heavy atom. The zero-order chi connectivity index (χ0) is 18.6. The standard InChI is InChI=1S/C22H19FN2OS/c23-18-9-5-4-8-17(18)10-12-24-22(26)20-14-21-19(11-13-27-21)25(20)15-16-6-2-1-3-7-16/h1-9,11,13-14H,10,12,15H2,(H,24,26). The largest absolute Gasteiger partial charge is 0.350 e. The van der Waals surface area contributed by atoms with Gasteiger partial charge in [0.2, 0.25) is 0 Å². The molecule has 3 nitrogen and oxygen atoms in total. The highest BCUT2D eigenvalue weighted by molar-refractivity contribution is 7.17. The molecule has 27 heavy (non-hydrogen) atoms. The summed E-state index contributed by atoms with van der Waals surface area (Å²) in [5.41, 5.74) is 3.44. The van der Waals surface area contributed by atoms with Gasteiger partial charge in [-0.3, -0.25) is 4.79 Å². The van der Waals surface area contributed by atoms with E-state index in [9.17, 15) is 9.18 Å². The monoisotopic (exact) mass is 378 g/mol. The van der Waals surface area contributed by atoms with E-state index in [1.165, 1.54) is 6.07 Å². The molecule has 0 aliphatic heterocycles. The van der Waals surface area contributed by atoms with Crippen molar-refractivity contribution in [2.24, 2.45) is 0 Å². The van der Waals surface area contributed by atoms with Crippen LogP contribution in [0.2, 0.25) is 0 Å². The molecule has 0 saturated heterocycles. The van der Waals surface area contributed by atoms with E-state index >= 15 is 0 Å².